The Morgan fingerprint density at radius 3 is 2.90 bits per heavy atom. The van der Waals surface area contributed by atoms with Crippen LogP contribution in [0.15, 0.2) is 33.5 Å². The number of methoxy groups -OCH3 is 1. The van der Waals surface area contributed by atoms with Crippen LogP contribution in [0.2, 0.25) is 0 Å². The summed E-state index contributed by atoms with van der Waals surface area (Å²) in [7, 11) is 1.63. The van der Waals surface area contributed by atoms with Crippen molar-refractivity contribution in [2.24, 2.45) is 0 Å². The molecule has 0 radical (unpaired) electrons. The first-order valence-corrected chi connectivity index (χ1v) is 7.70. The van der Waals surface area contributed by atoms with E-state index in [1.807, 2.05) is 25.1 Å². The van der Waals surface area contributed by atoms with Crippen LogP contribution in [-0.2, 0) is 13.0 Å². The maximum absolute atomic E-state index is 12.4. The molecule has 1 aliphatic heterocycles. The largest absolute Gasteiger partial charge is 0.495 e. The zero-order chi connectivity index (χ0) is 15.0. The zero-order valence-corrected chi connectivity index (χ0v) is 13.7. The summed E-state index contributed by atoms with van der Waals surface area (Å²) in [6.45, 7) is 3.69. The molecule has 110 valence electrons. The first-order chi connectivity index (χ1) is 10.1. The molecule has 2 aromatic rings. The molecule has 0 fully saturated rings. The summed E-state index contributed by atoms with van der Waals surface area (Å²) >= 11 is 3.51. The number of ether oxygens (including phenoxy) is 1. The number of aryl methyl sites for hydroxylation is 1. The van der Waals surface area contributed by atoms with Crippen molar-refractivity contribution >= 4 is 15.9 Å². The average molecular weight is 349 g/mol. The van der Waals surface area contributed by atoms with Crippen LogP contribution in [0, 0.1) is 6.92 Å². The number of benzene rings is 1. The van der Waals surface area contributed by atoms with Crippen molar-refractivity contribution in [1.29, 1.82) is 0 Å². The Morgan fingerprint density at radius 2 is 2.14 bits per heavy atom. The fourth-order valence-corrected chi connectivity index (χ4v) is 3.06. The second-order valence-corrected chi connectivity index (χ2v) is 6.03. The normalized spacial score (nSPS) is 13.9. The number of hydrogen-bond donors (Lipinski definition) is 1. The highest BCUT2D eigenvalue weighted by atomic mass is 79.9. The summed E-state index contributed by atoms with van der Waals surface area (Å²) in [6, 6.07) is 7.45. The Balaban J connectivity index is 2.30. The van der Waals surface area contributed by atoms with Crippen molar-refractivity contribution in [2.75, 3.05) is 13.7 Å². The molecule has 1 N–H and O–H groups in total. The van der Waals surface area contributed by atoms with Crippen LogP contribution in [0.1, 0.15) is 16.8 Å². The van der Waals surface area contributed by atoms with E-state index >= 15 is 0 Å². The molecule has 1 aliphatic rings. The predicted molar refractivity (Wildman–Crippen MR) is 86.4 cm³/mol. The van der Waals surface area contributed by atoms with E-state index in [2.05, 4.69) is 21.2 Å². The minimum atomic E-state index is -0.0179. The quantitative estimate of drug-likeness (QED) is 0.906. The van der Waals surface area contributed by atoms with E-state index in [4.69, 9.17) is 4.74 Å². The summed E-state index contributed by atoms with van der Waals surface area (Å²) in [4.78, 5) is 12.4. The van der Waals surface area contributed by atoms with E-state index in [1.165, 1.54) is 5.56 Å². The van der Waals surface area contributed by atoms with Crippen LogP contribution in [0.3, 0.4) is 0 Å². The summed E-state index contributed by atoms with van der Waals surface area (Å²) in [5, 5.41) is 3.33. The molecule has 2 heterocycles. The van der Waals surface area contributed by atoms with Crippen LogP contribution in [0.4, 0.5) is 0 Å². The van der Waals surface area contributed by atoms with E-state index in [1.54, 1.807) is 17.7 Å². The highest BCUT2D eigenvalue weighted by Gasteiger charge is 2.18. The van der Waals surface area contributed by atoms with Gasteiger partial charge >= 0.3 is 0 Å². The van der Waals surface area contributed by atoms with Gasteiger partial charge in [-0.25, -0.2) is 0 Å². The Labute approximate surface area is 131 Å². The first-order valence-electron chi connectivity index (χ1n) is 6.91. The molecule has 0 bridgehead atoms. The molecule has 21 heavy (non-hydrogen) atoms. The van der Waals surface area contributed by atoms with Gasteiger partial charge in [0.05, 0.1) is 12.8 Å². The van der Waals surface area contributed by atoms with Gasteiger partial charge in [-0.05, 0) is 30.2 Å². The summed E-state index contributed by atoms with van der Waals surface area (Å²) in [5.41, 5.74) is 4.10. The minimum Gasteiger partial charge on any atom is -0.495 e. The Kier molecular flexibility index (Phi) is 3.87. The molecule has 0 saturated carbocycles. The molecule has 0 aliphatic carbocycles. The molecule has 0 atom stereocenters. The van der Waals surface area contributed by atoms with Gasteiger partial charge in [-0.1, -0.05) is 22.0 Å². The van der Waals surface area contributed by atoms with Crippen molar-refractivity contribution < 1.29 is 4.74 Å². The van der Waals surface area contributed by atoms with Gasteiger partial charge in [0, 0.05) is 35.7 Å². The third kappa shape index (κ3) is 2.51. The number of fused-ring (bicyclic) bond motifs is 1. The molecule has 0 amide bonds. The van der Waals surface area contributed by atoms with Gasteiger partial charge in [-0.3, -0.25) is 9.36 Å². The number of halogens is 1. The van der Waals surface area contributed by atoms with Crippen LogP contribution in [-0.4, -0.2) is 18.2 Å². The van der Waals surface area contributed by atoms with Crippen molar-refractivity contribution in [3.05, 3.63) is 55.9 Å². The van der Waals surface area contributed by atoms with Crippen LogP contribution in [0.5, 0.6) is 5.75 Å². The van der Waals surface area contributed by atoms with Crippen molar-refractivity contribution in [2.45, 2.75) is 19.9 Å². The molecule has 1 aromatic carbocycles. The monoisotopic (exact) mass is 348 g/mol. The van der Waals surface area contributed by atoms with Crippen molar-refractivity contribution in [3.8, 4) is 11.4 Å². The third-order valence-electron chi connectivity index (χ3n) is 3.84. The van der Waals surface area contributed by atoms with E-state index < -0.39 is 0 Å². The van der Waals surface area contributed by atoms with E-state index in [0.717, 1.165) is 40.9 Å². The molecule has 0 saturated heterocycles. The van der Waals surface area contributed by atoms with Gasteiger partial charge in [-0.2, -0.15) is 0 Å². The highest BCUT2D eigenvalue weighted by Crippen LogP contribution is 2.30. The number of rotatable bonds is 2. The smallest absolute Gasteiger partial charge is 0.255 e. The van der Waals surface area contributed by atoms with Crippen LogP contribution >= 0.6 is 15.9 Å². The maximum Gasteiger partial charge on any atom is 0.255 e. The standard InChI is InChI=1S/C16H17BrN2O2/c1-10-7-14(15(21-2)8-12(10)17)19-13-5-6-18-9-11(13)3-4-16(19)20/h3-4,7-8,18H,5-6,9H2,1-2H3. The second-order valence-electron chi connectivity index (χ2n) is 5.18. The minimum absolute atomic E-state index is 0.0179. The molecule has 0 spiro atoms. The second kappa shape index (κ2) is 5.66. The highest BCUT2D eigenvalue weighted by molar-refractivity contribution is 9.10. The van der Waals surface area contributed by atoms with Gasteiger partial charge in [0.1, 0.15) is 5.75 Å². The fourth-order valence-electron chi connectivity index (χ4n) is 2.73. The molecule has 1 aromatic heterocycles. The van der Waals surface area contributed by atoms with Crippen molar-refractivity contribution in [3.63, 3.8) is 0 Å². The Hall–Kier alpha value is -1.59. The van der Waals surface area contributed by atoms with E-state index in [0.29, 0.717) is 5.75 Å². The van der Waals surface area contributed by atoms with Crippen LogP contribution in [0.25, 0.3) is 5.69 Å². The molecular weight excluding hydrogens is 332 g/mol. The lowest BCUT2D eigenvalue weighted by atomic mass is 10.1. The van der Waals surface area contributed by atoms with Gasteiger partial charge < -0.3 is 10.1 Å². The Morgan fingerprint density at radius 1 is 1.33 bits per heavy atom. The average Bonchev–Trinajstić information content (AvgIpc) is 2.50. The number of nitrogens with one attached hydrogen (secondary N) is 1. The summed E-state index contributed by atoms with van der Waals surface area (Å²) in [6.07, 6.45) is 0.837. The number of pyridine rings is 1. The van der Waals surface area contributed by atoms with Gasteiger partial charge in [0.25, 0.3) is 5.56 Å². The summed E-state index contributed by atoms with van der Waals surface area (Å²) < 4.78 is 8.24. The van der Waals surface area contributed by atoms with Crippen molar-refractivity contribution in [1.82, 2.24) is 9.88 Å². The molecule has 5 heteroatoms. The van der Waals surface area contributed by atoms with E-state index in [9.17, 15) is 4.79 Å². The fraction of sp³-hybridized carbons (Fsp3) is 0.312. The molecular formula is C16H17BrN2O2. The number of aromatic nitrogens is 1. The van der Waals surface area contributed by atoms with Crippen LogP contribution < -0.4 is 15.6 Å². The zero-order valence-electron chi connectivity index (χ0n) is 12.1. The SMILES string of the molecule is COc1cc(Br)c(C)cc1-n1c2c(ccc1=O)CNCC2. The molecule has 0 unspecified atom stereocenters. The molecule has 3 rings (SSSR count). The topological polar surface area (TPSA) is 43.3 Å². The number of hydrogen-bond acceptors (Lipinski definition) is 3. The lowest BCUT2D eigenvalue weighted by molar-refractivity contribution is 0.411. The summed E-state index contributed by atoms with van der Waals surface area (Å²) in [5.74, 6) is 0.696. The maximum atomic E-state index is 12.4. The lowest BCUT2D eigenvalue weighted by Crippen LogP contribution is -2.31. The van der Waals surface area contributed by atoms with Gasteiger partial charge in [0.2, 0.25) is 0 Å². The van der Waals surface area contributed by atoms with E-state index in [-0.39, 0.29) is 5.56 Å². The predicted octanol–water partition coefficient (Wildman–Crippen LogP) is 2.56. The Bertz CT molecular complexity index is 753. The lowest BCUT2D eigenvalue weighted by Gasteiger charge is -2.23. The van der Waals surface area contributed by atoms with Gasteiger partial charge in [0.15, 0.2) is 0 Å². The first kappa shape index (κ1) is 14.4. The van der Waals surface area contributed by atoms with Gasteiger partial charge in [-0.15, -0.1) is 0 Å². The third-order valence-corrected chi connectivity index (χ3v) is 4.70. The number of nitrogens with zero attached hydrogens (tertiary/aromatic N) is 1. The molecule has 4 nitrogen and oxygen atoms in total.